The Hall–Kier alpha value is -1.07. The Labute approximate surface area is 135 Å². The van der Waals surface area contributed by atoms with Crippen LogP contribution in [0.15, 0.2) is 21.6 Å². The lowest BCUT2D eigenvalue weighted by atomic mass is 10.1. The van der Waals surface area contributed by atoms with E-state index in [2.05, 4.69) is 46.8 Å². The van der Waals surface area contributed by atoms with Crippen LogP contribution in [0.1, 0.15) is 6.23 Å². The van der Waals surface area contributed by atoms with Gasteiger partial charge < -0.3 is 20.7 Å². The maximum Gasteiger partial charge on any atom is 0.167 e. The van der Waals surface area contributed by atoms with Crippen molar-refractivity contribution in [3.63, 3.8) is 0 Å². The number of rotatable bonds is 2. The van der Waals surface area contributed by atoms with Crippen LogP contribution in [0.5, 0.6) is 0 Å². The number of hydrogen-bond donors (Lipinski definition) is 3. The third kappa shape index (κ3) is 2.36. The fraction of sp³-hybridized carbons (Fsp3) is 0.364. The van der Waals surface area contributed by atoms with Gasteiger partial charge in [-0.25, -0.2) is 15.0 Å². The minimum Gasteiger partial charge on any atom is -0.393 e. The molecule has 1 aliphatic rings. The van der Waals surface area contributed by atoms with Gasteiger partial charge in [0.15, 0.2) is 17.7 Å². The molecule has 2 aromatic heterocycles. The average molecular weight is 421 g/mol. The van der Waals surface area contributed by atoms with E-state index in [1.807, 2.05) is 0 Å². The summed E-state index contributed by atoms with van der Waals surface area (Å²) in [6.07, 6.45) is 0.433. The van der Waals surface area contributed by atoms with Gasteiger partial charge >= 0.3 is 0 Å². The van der Waals surface area contributed by atoms with Gasteiger partial charge in [0.05, 0.1) is 16.3 Å². The lowest BCUT2D eigenvalue weighted by Gasteiger charge is -2.16. The molecule has 0 amide bonds. The third-order valence-corrected chi connectivity index (χ3v) is 4.20. The van der Waals surface area contributed by atoms with Gasteiger partial charge in [0.1, 0.15) is 24.1 Å². The van der Waals surface area contributed by atoms with E-state index >= 15 is 0 Å². The second-order valence-electron chi connectivity index (χ2n) is 4.44. The van der Waals surface area contributed by atoms with Gasteiger partial charge in [-0.15, -0.1) is 0 Å². The maximum atomic E-state index is 10.4. The first-order valence-electron chi connectivity index (χ1n) is 5.97. The smallest absolute Gasteiger partial charge is 0.167 e. The molecule has 3 atom stereocenters. The largest absolute Gasteiger partial charge is 0.393 e. The van der Waals surface area contributed by atoms with Crippen LogP contribution >= 0.6 is 31.9 Å². The minimum absolute atomic E-state index is 0.252. The van der Waals surface area contributed by atoms with Crippen LogP contribution in [0, 0.1) is 0 Å². The fourth-order valence-corrected chi connectivity index (χ4v) is 3.29. The van der Waals surface area contributed by atoms with Crippen molar-refractivity contribution < 1.29 is 14.9 Å². The summed E-state index contributed by atoms with van der Waals surface area (Å²) in [7, 11) is 0. The zero-order valence-electron chi connectivity index (χ0n) is 10.5. The molecule has 8 nitrogen and oxygen atoms in total. The summed E-state index contributed by atoms with van der Waals surface area (Å²) in [5.41, 5.74) is 7.15. The van der Waals surface area contributed by atoms with E-state index in [-0.39, 0.29) is 12.4 Å². The van der Waals surface area contributed by atoms with Crippen LogP contribution in [0.3, 0.4) is 0 Å². The second-order valence-corrected chi connectivity index (χ2v) is 7.09. The van der Waals surface area contributed by atoms with E-state index in [9.17, 15) is 10.2 Å². The molecule has 2 aromatic rings. The lowest BCUT2D eigenvalue weighted by Crippen LogP contribution is -2.20. The molecule has 0 aromatic carbocycles. The van der Waals surface area contributed by atoms with Crippen molar-refractivity contribution in [1.82, 2.24) is 19.5 Å². The first-order valence-corrected chi connectivity index (χ1v) is 7.55. The molecule has 1 fully saturated rings. The van der Waals surface area contributed by atoms with Crippen molar-refractivity contribution >= 4 is 48.8 Å². The SMILES string of the molecule is Nc1ncnc2c1ncn2[C@@H]1O[C@H](CO)C(=C(Br)Br)[C@H]1O. The molecule has 1 aliphatic heterocycles. The summed E-state index contributed by atoms with van der Waals surface area (Å²) in [4.78, 5) is 12.1. The summed E-state index contributed by atoms with van der Waals surface area (Å²) in [5.74, 6) is 0.252. The highest BCUT2D eigenvalue weighted by Crippen LogP contribution is 2.39. The molecular weight excluding hydrogens is 410 g/mol. The van der Waals surface area contributed by atoms with Crippen molar-refractivity contribution in [2.45, 2.75) is 18.4 Å². The molecule has 0 unspecified atom stereocenters. The van der Waals surface area contributed by atoms with E-state index < -0.39 is 18.4 Å². The Balaban J connectivity index is 2.08. The van der Waals surface area contributed by atoms with Gasteiger partial charge in [0.2, 0.25) is 0 Å². The number of ether oxygens (including phenoxy) is 1. The van der Waals surface area contributed by atoms with Crippen LogP contribution in [0.4, 0.5) is 5.82 Å². The number of fused-ring (bicyclic) bond motifs is 1. The highest BCUT2D eigenvalue weighted by molar-refractivity contribution is 9.28. The molecule has 1 saturated heterocycles. The predicted octanol–water partition coefficient (Wildman–Crippen LogP) is 0.660. The van der Waals surface area contributed by atoms with Gasteiger partial charge in [-0.05, 0) is 31.9 Å². The summed E-state index contributed by atoms with van der Waals surface area (Å²) in [5, 5.41) is 19.8. The molecule has 0 aliphatic carbocycles. The molecule has 0 radical (unpaired) electrons. The normalized spacial score (nSPS) is 25.7. The number of hydrogen-bond acceptors (Lipinski definition) is 7. The van der Waals surface area contributed by atoms with Crippen LogP contribution in [0.25, 0.3) is 11.2 Å². The molecule has 10 heteroatoms. The summed E-state index contributed by atoms with van der Waals surface area (Å²) in [6.45, 7) is -0.257. The molecule has 21 heavy (non-hydrogen) atoms. The average Bonchev–Trinajstić information content (AvgIpc) is 3.00. The number of anilines is 1. The third-order valence-electron chi connectivity index (χ3n) is 3.28. The van der Waals surface area contributed by atoms with Crippen LogP contribution < -0.4 is 5.73 Å². The topological polar surface area (TPSA) is 119 Å². The van der Waals surface area contributed by atoms with Gasteiger partial charge in [-0.3, -0.25) is 4.57 Å². The molecular formula is C11H11Br2N5O3. The predicted molar refractivity (Wildman–Crippen MR) is 81.6 cm³/mol. The van der Waals surface area contributed by atoms with Crippen molar-refractivity contribution in [3.8, 4) is 0 Å². The van der Waals surface area contributed by atoms with E-state index in [1.54, 1.807) is 4.57 Å². The zero-order chi connectivity index (χ0) is 15.1. The summed E-state index contributed by atoms with van der Waals surface area (Å²) in [6, 6.07) is 0. The molecule has 0 saturated carbocycles. The first-order chi connectivity index (χ1) is 10.0. The van der Waals surface area contributed by atoms with Gasteiger partial charge in [-0.1, -0.05) is 0 Å². The summed E-state index contributed by atoms with van der Waals surface area (Å²) >= 11 is 6.50. The molecule has 0 spiro atoms. The van der Waals surface area contributed by atoms with E-state index in [0.717, 1.165) is 0 Å². The Morgan fingerprint density at radius 1 is 1.38 bits per heavy atom. The van der Waals surface area contributed by atoms with Gasteiger partial charge in [0, 0.05) is 5.57 Å². The number of aromatic nitrogens is 4. The van der Waals surface area contributed by atoms with Crippen molar-refractivity contribution in [2.75, 3.05) is 12.3 Å². The lowest BCUT2D eigenvalue weighted by molar-refractivity contribution is -0.0483. The van der Waals surface area contributed by atoms with Crippen LogP contribution in [0.2, 0.25) is 0 Å². The molecule has 3 heterocycles. The Bertz CT molecular complexity index is 715. The molecule has 0 bridgehead atoms. The number of nitrogens with two attached hydrogens (primary N) is 1. The zero-order valence-corrected chi connectivity index (χ0v) is 13.7. The maximum absolute atomic E-state index is 10.4. The van der Waals surface area contributed by atoms with Crippen LogP contribution in [-0.4, -0.2) is 48.5 Å². The Morgan fingerprint density at radius 3 is 2.76 bits per heavy atom. The van der Waals surface area contributed by atoms with Gasteiger partial charge in [-0.2, -0.15) is 0 Å². The molecule has 112 valence electrons. The van der Waals surface area contributed by atoms with E-state index in [1.165, 1.54) is 12.7 Å². The number of nitrogens with zero attached hydrogens (tertiary/aromatic N) is 4. The van der Waals surface area contributed by atoms with Crippen molar-refractivity contribution in [2.24, 2.45) is 0 Å². The number of halogens is 2. The Kier molecular flexibility index (Phi) is 3.97. The minimum atomic E-state index is -0.968. The number of imidazole rings is 1. The van der Waals surface area contributed by atoms with Crippen molar-refractivity contribution in [1.29, 1.82) is 0 Å². The molecule has 4 N–H and O–H groups in total. The van der Waals surface area contributed by atoms with E-state index in [0.29, 0.717) is 20.1 Å². The molecule has 3 rings (SSSR count). The number of aliphatic hydroxyl groups is 2. The van der Waals surface area contributed by atoms with Gasteiger partial charge in [0.25, 0.3) is 0 Å². The monoisotopic (exact) mass is 419 g/mol. The summed E-state index contributed by atoms with van der Waals surface area (Å²) < 4.78 is 7.80. The quantitative estimate of drug-likeness (QED) is 0.652. The van der Waals surface area contributed by atoms with E-state index in [4.69, 9.17) is 10.5 Å². The second kappa shape index (κ2) is 5.61. The number of aliphatic hydroxyl groups excluding tert-OH is 2. The van der Waals surface area contributed by atoms with Crippen LogP contribution in [-0.2, 0) is 4.74 Å². The standard InChI is InChI=1S/C11H11Br2N5O3/c12-8(13)5-4(1-19)21-11(7(5)20)18-3-17-6-9(14)15-2-16-10(6)18/h2-4,7,11,19-20H,1H2,(H2,14,15,16)/t4-,7-,11-/m1/s1. The fourth-order valence-electron chi connectivity index (χ4n) is 2.31. The number of nitrogen functional groups attached to an aromatic ring is 1. The van der Waals surface area contributed by atoms with Crippen molar-refractivity contribution in [3.05, 3.63) is 21.6 Å². The highest BCUT2D eigenvalue weighted by atomic mass is 79.9. The first kappa shape index (κ1) is 14.9. The Morgan fingerprint density at radius 2 is 2.14 bits per heavy atom. The highest BCUT2D eigenvalue weighted by Gasteiger charge is 2.41.